The van der Waals surface area contributed by atoms with E-state index in [1.165, 1.54) is 25.7 Å². The number of thioether (sulfide) groups is 1. The Hall–Kier alpha value is -1.99. The first-order valence-corrected chi connectivity index (χ1v) is 12.1. The standard InChI is InChI=1S/C23H33N5OS/c1-16-9-8-10-17(2)27(16)13-6-3-7-14-28-19-11-4-5-12-20(19)30-21(22(28)29)18-15-25-23(24)26-18/h4-5,11-12,15-17,21H,3,6-10,13-14H2,1-2H3,(H3,24,25,26)/t16-,17+,21?. The van der Waals surface area contributed by atoms with Crippen molar-refractivity contribution < 1.29 is 4.79 Å². The molecule has 2 aromatic rings. The van der Waals surface area contributed by atoms with Gasteiger partial charge in [0.15, 0.2) is 5.95 Å². The number of piperidine rings is 1. The van der Waals surface area contributed by atoms with E-state index in [2.05, 4.69) is 34.8 Å². The zero-order valence-corrected chi connectivity index (χ0v) is 18.8. The number of benzene rings is 1. The highest BCUT2D eigenvalue weighted by atomic mass is 32.2. The number of imidazole rings is 1. The van der Waals surface area contributed by atoms with Gasteiger partial charge in [-0.3, -0.25) is 9.69 Å². The molecule has 2 aliphatic rings. The predicted octanol–water partition coefficient (Wildman–Crippen LogP) is 4.61. The number of hydrogen-bond donors (Lipinski definition) is 2. The van der Waals surface area contributed by atoms with E-state index in [4.69, 9.17) is 5.73 Å². The number of nitrogens with two attached hydrogens (primary N) is 1. The number of para-hydroxylation sites is 1. The number of nitrogens with zero attached hydrogens (tertiary/aromatic N) is 3. The number of carbonyl (C=O) groups is 1. The SMILES string of the molecule is C[C@@H]1CCC[C@H](C)N1CCCCCN1C(=O)C(c2c[nH]c(N)n2)Sc2ccccc21. The summed E-state index contributed by atoms with van der Waals surface area (Å²) in [6.45, 7) is 6.63. The van der Waals surface area contributed by atoms with Crippen molar-refractivity contribution in [1.82, 2.24) is 14.9 Å². The van der Waals surface area contributed by atoms with E-state index in [1.807, 2.05) is 23.1 Å². The van der Waals surface area contributed by atoms with Crippen LogP contribution in [0.1, 0.15) is 63.3 Å². The van der Waals surface area contributed by atoms with Crippen molar-refractivity contribution in [1.29, 1.82) is 0 Å². The molecular formula is C23H33N5OS. The molecule has 1 unspecified atom stereocenters. The number of aromatic amines is 1. The Balaban J connectivity index is 1.37. The van der Waals surface area contributed by atoms with Crippen LogP contribution < -0.4 is 10.6 Å². The van der Waals surface area contributed by atoms with Crippen LogP contribution in [0.2, 0.25) is 0 Å². The van der Waals surface area contributed by atoms with Crippen LogP contribution in [-0.4, -0.2) is 45.9 Å². The van der Waals surface area contributed by atoms with Gasteiger partial charge in [-0.1, -0.05) is 25.0 Å². The van der Waals surface area contributed by atoms with Gasteiger partial charge in [0.2, 0.25) is 5.91 Å². The predicted molar refractivity (Wildman–Crippen MR) is 124 cm³/mol. The molecule has 1 aromatic carbocycles. The minimum atomic E-state index is -0.344. The summed E-state index contributed by atoms with van der Waals surface area (Å²) in [5.74, 6) is 0.452. The van der Waals surface area contributed by atoms with Crippen LogP contribution in [0.3, 0.4) is 0 Å². The molecule has 7 heteroatoms. The van der Waals surface area contributed by atoms with Gasteiger partial charge in [-0.2, -0.15) is 0 Å². The summed E-state index contributed by atoms with van der Waals surface area (Å²) in [5, 5.41) is -0.344. The molecule has 3 N–H and O–H groups in total. The Morgan fingerprint density at radius 3 is 2.60 bits per heavy atom. The molecular weight excluding hydrogens is 394 g/mol. The number of amides is 1. The molecule has 0 saturated carbocycles. The number of aromatic nitrogens is 2. The first kappa shape index (κ1) is 21.2. The zero-order chi connectivity index (χ0) is 21.1. The molecule has 0 aliphatic carbocycles. The van der Waals surface area contributed by atoms with E-state index < -0.39 is 0 Å². The highest BCUT2D eigenvalue weighted by molar-refractivity contribution is 8.00. The lowest BCUT2D eigenvalue weighted by Crippen LogP contribution is -2.44. The van der Waals surface area contributed by atoms with E-state index in [-0.39, 0.29) is 11.2 Å². The monoisotopic (exact) mass is 427 g/mol. The summed E-state index contributed by atoms with van der Waals surface area (Å²) < 4.78 is 0. The Kier molecular flexibility index (Phi) is 6.68. The van der Waals surface area contributed by atoms with Gasteiger partial charge < -0.3 is 15.6 Å². The van der Waals surface area contributed by atoms with E-state index in [1.54, 1.807) is 18.0 Å². The first-order valence-electron chi connectivity index (χ1n) is 11.2. The van der Waals surface area contributed by atoms with E-state index >= 15 is 0 Å². The molecule has 2 aliphatic heterocycles. The van der Waals surface area contributed by atoms with Crippen LogP contribution >= 0.6 is 11.8 Å². The maximum atomic E-state index is 13.3. The molecule has 3 atom stereocenters. The van der Waals surface area contributed by atoms with E-state index in [0.717, 1.165) is 36.5 Å². The molecule has 1 fully saturated rings. The fourth-order valence-corrected chi connectivity index (χ4v) is 5.96. The van der Waals surface area contributed by atoms with E-state index in [9.17, 15) is 4.79 Å². The number of fused-ring (bicyclic) bond motifs is 1. The van der Waals surface area contributed by atoms with Crippen molar-refractivity contribution in [3.05, 3.63) is 36.2 Å². The Bertz CT molecular complexity index is 859. The maximum absolute atomic E-state index is 13.3. The summed E-state index contributed by atoms with van der Waals surface area (Å²) in [7, 11) is 0. The van der Waals surface area contributed by atoms with Crippen molar-refractivity contribution in [3.8, 4) is 0 Å². The molecule has 3 heterocycles. The van der Waals surface area contributed by atoms with Crippen LogP contribution in [0.15, 0.2) is 35.4 Å². The molecule has 0 bridgehead atoms. The fourth-order valence-electron chi connectivity index (χ4n) is 4.78. The van der Waals surface area contributed by atoms with Gasteiger partial charge in [-0.15, -0.1) is 11.8 Å². The van der Waals surface area contributed by atoms with Gasteiger partial charge in [0, 0.05) is 29.7 Å². The summed E-state index contributed by atoms with van der Waals surface area (Å²) in [5.41, 5.74) is 7.47. The summed E-state index contributed by atoms with van der Waals surface area (Å²) >= 11 is 1.56. The van der Waals surface area contributed by atoms with Gasteiger partial charge in [-0.25, -0.2) is 4.98 Å². The topological polar surface area (TPSA) is 78.2 Å². The molecule has 6 nitrogen and oxygen atoms in total. The van der Waals surface area contributed by atoms with Crippen LogP contribution in [0.25, 0.3) is 0 Å². The molecule has 1 amide bonds. The number of rotatable bonds is 7. The number of likely N-dealkylation sites (tertiary alicyclic amines) is 1. The van der Waals surface area contributed by atoms with Crippen LogP contribution in [0, 0.1) is 0 Å². The number of anilines is 2. The number of carbonyl (C=O) groups excluding carboxylic acids is 1. The lowest BCUT2D eigenvalue weighted by atomic mass is 9.97. The van der Waals surface area contributed by atoms with Gasteiger partial charge >= 0.3 is 0 Å². The van der Waals surface area contributed by atoms with Crippen LogP contribution in [0.5, 0.6) is 0 Å². The summed E-state index contributed by atoms with van der Waals surface area (Å²) in [6.07, 6.45) is 9.08. The molecule has 0 spiro atoms. The number of unbranched alkanes of at least 4 members (excludes halogenated alkanes) is 2. The second-order valence-corrected chi connectivity index (χ2v) is 9.74. The highest BCUT2D eigenvalue weighted by Crippen LogP contribution is 2.46. The largest absolute Gasteiger partial charge is 0.369 e. The summed E-state index contributed by atoms with van der Waals surface area (Å²) in [4.78, 5) is 26.3. The van der Waals surface area contributed by atoms with Gasteiger partial charge in [-0.05, 0) is 58.2 Å². The number of hydrogen-bond acceptors (Lipinski definition) is 5. The average Bonchev–Trinajstić information content (AvgIpc) is 3.16. The Morgan fingerprint density at radius 1 is 1.13 bits per heavy atom. The third kappa shape index (κ3) is 4.52. The van der Waals surface area contributed by atoms with Crippen LogP contribution in [-0.2, 0) is 4.79 Å². The van der Waals surface area contributed by atoms with Crippen molar-refractivity contribution in [2.45, 2.75) is 74.6 Å². The van der Waals surface area contributed by atoms with Crippen molar-refractivity contribution >= 4 is 29.3 Å². The molecule has 0 radical (unpaired) electrons. The lowest BCUT2D eigenvalue weighted by Gasteiger charge is -2.39. The number of nitrogens with one attached hydrogen (secondary N) is 1. The quantitative estimate of drug-likeness (QED) is 0.631. The third-order valence-corrected chi connectivity index (χ3v) is 7.73. The van der Waals surface area contributed by atoms with Crippen LogP contribution in [0.4, 0.5) is 11.6 Å². The van der Waals surface area contributed by atoms with E-state index in [0.29, 0.717) is 23.7 Å². The zero-order valence-electron chi connectivity index (χ0n) is 18.0. The minimum absolute atomic E-state index is 0.100. The fraction of sp³-hybridized carbons (Fsp3) is 0.565. The molecule has 1 aromatic heterocycles. The third-order valence-electron chi connectivity index (χ3n) is 6.45. The maximum Gasteiger partial charge on any atom is 0.246 e. The minimum Gasteiger partial charge on any atom is -0.369 e. The average molecular weight is 428 g/mol. The van der Waals surface area contributed by atoms with Gasteiger partial charge in [0.1, 0.15) is 5.25 Å². The second kappa shape index (κ2) is 9.43. The highest BCUT2D eigenvalue weighted by Gasteiger charge is 2.35. The molecule has 1 saturated heterocycles. The smallest absolute Gasteiger partial charge is 0.246 e. The molecule has 4 rings (SSSR count). The first-order chi connectivity index (χ1) is 14.5. The van der Waals surface area contributed by atoms with Gasteiger partial charge in [0.05, 0.1) is 11.4 Å². The Morgan fingerprint density at radius 2 is 1.87 bits per heavy atom. The molecule has 30 heavy (non-hydrogen) atoms. The van der Waals surface area contributed by atoms with Crippen molar-refractivity contribution in [3.63, 3.8) is 0 Å². The summed E-state index contributed by atoms with van der Waals surface area (Å²) in [6, 6.07) is 9.56. The second-order valence-electron chi connectivity index (χ2n) is 8.59. The van der Waals surface area contributed by atoms with Crippen molar-refractivity contribution in [2.75, 3.05) is 23.7 Å². The number of H-pyrrole nitrogens is 1. The molecule has 162 valence electrons. The van der Waals surface area contributed by atoms with Gasteiger partial charge in [0.25, 0.3) is 0 Å². The Labute approximate surface area is 183 Å². The number of nitrogen functional groups attached to an aromatic ring is 1. The normalized spacial score (nSPS) is 24.8. The van der Waals surface area contributed by atoms with Crippen molar-refractivity contribution in [2.24, 2.45) is 0 Å². The lowest BCUT2D eigenvalue weighted by molar-refractivity contribution is -0.118.